The molecule has 2 aromatic heterocycles. The van der Waals surface area contributed by atoms with E-state index < -0.39 is 5.97 Å². The second-order valence-corrected chi connectivity index (χ2v) is 7.33. The molecule has 0 fully saturated rings. The zero-order valence-corrected chi connectivity index (χ0v) is 15.8. The third kappa shape index (κ3) is 4.36. The van der Waals surface area contributed by atoms with E-state index in [0.29, 0.717) is 21.4 Å². The number of amides is 1. The molecule has 0 aliphatic carbocycles. The van der Waals surface area contributed by atoms with Gasteiger partial charge in [-0.1, -0.05) is 18.2 Å². The molecule has 0 unspecified atom stereocenters. The third-order valence-corrected chi connectivity index (χ3v) is 5.43. The van der Waals surface area contributed by atoms with E-state index in [1.54, 1.807) is 11.5 Å². The van der Waals surface area contributed by atoms with Crippen molar-refractivity contribution in [2.45, 2.75) is 6.92 Å². The molecule has 0 radical (unpaired) electrons. The highest BCUT2D eigenvalue weighted by molar-refractivity contribution is 7.16. The summed E-state index contributed by atoms with van der Waals surface area (Å²) in [6.07, 6.45) is 2.89. The molecule has 8 heteroatoms. The van der Waals surface area contributed by atoms with E-state index in [1.165, 1.54) is 41.4 Å². The largest absolute Gasteiger partial charge is 0.477 e. The van der Waals surface area contributed by atoms with Crippen LogP contribution in [0.2, 0.25) is 0 Å². The van der Waals surface area contributed by atoms with Crippen molar-refractivity contribution in [2.75, 3.05) is 4.90 Å². The second kappa shape index (κ2) is 8.07. The van der Waals surface area contributed by atoms with Crippen LogP contribution < -0.4 is 4.90 Å². The molecule has 1 amide bonds. The Hall–Kier alpha value is -3.10. The van der Waals surface area contributed by atoms with Crippen molar-refractivity contribution >= 4 is 57.2 Å². The Morgan fingerprint density at radius 2 is 1.78 bits per heavy atom. The SMILES string of the molecule is CC(=O)N(c1ccccc1)c1nc(/C=C/C(=O)c2ccc(C(=O)O)s2)cs1. The van der Waals surface area contributed by atoms with Gasteiger partial charge in [-0.05, 0) is 36.4 Å². The van der Waals surface area contributed by atoms with Crippen molar-refractivity contribution in [1.29, 1.82) is 0 Å². The normalized spacial score (nSPS) is 10.9. The Morgan fingerprint density at radius 3 is 2.41 bits per heavy atom. The second-order valence-electron chi connectivity index (χ2n) is 5.41. The van der Waals surface area contributed by atoms with Crippen LogP contribution in [-0.4, -0.2) is 27.8 Å². The van der Waals surface area contributed by atoms with Gasteiger partial charge < -0.3 is 5.11 Å². The Bertz CT molecular complexity index is 1020. The minimum atomic E-state index is -1.06. The maximum atomic E-state index is 12.2. The molecule has 27 heavy (non-hydrogen) atoms. The van der Waals surface area contributed by atoms with Gasteiger partial charge in [-0.15, -0.1) is 22.7 Å². The fourth-order valence-corrected chi connectivity index (χ4v) is 3.91. The highest BCUT2D eigenvalue weighted by atomic mass is 32.1. The van der Waals surface area contributed by atoms with Gasteiger partial charge in [-0.2, -0.15) is 0 Å². The summed E-state index contributed by atoms with van der Waals surface area (Å²) in [5.41, 5.74) is 1.26. The Balaban J connectivity index is 1.78. The van der Waals surface area contributed by atoms with Gasteiger partial charge in [0, 0.05) is 12.3 Å². The standard InChI is InChI=1S/C19H14N2O4S2/c1-12(22)21(14-5-3-2-4-6-14)19-20-13(11-26-19)7-8-15(23)16-9-10-17(27-16)18(24)25/h2-11H,1H3,(H,24,25)/b8-7+. The molecule has 0 aliphatic heterocycles. The van der Waals surface area contributed by atoms with E-state index in [0.717, 1.165) is 11.3 Å². The van der Waals surface area contributed by atoms with Crippen LogP contribution in [0.25, 0.3) is 6.08 Å². The Morgan fingerprint density at radius 1 is 1.07 bits per heavy atom. The summed E-state index contributed by atoms with van der Waals surface area (Å²) in [5, 5.41) is 11.2. The summed E-state index contributed by atoms with van der Waals surface area (Å²) in [6.45, 7) is 1.46. The average Bonchev–Trinajstić information content (AvgIpc) is 3.30. The number of nitrogens with zero attached hydrogens (tertiary/aromatic N) is 2. The first kappa shape index (κ1) is 18.7. The molecule has 2 heterocycles. The number of hydrogen-bond acceptors (Lipinski definition) is 6. The monoisotopic (exact) mass is 398 g/mol. The molecule has 0 saturated carbocycles. The van der Waals surface area contributed by atoms with Crippen LogP contribution in [0.15, 0.2) is 53.9 Å². The highest BCUT2D eigenvalue weighted by Gasteiger charge is 2.17. The summed E-state index contributed by atoms with van der Waals surface area (Å²) in [7, 11) is 0. The first-order valence-corrected chi connectivity index (χ1v) is 9.52. The van der Waals surface area contributed by atoms with Crippen molar-refractivity contribution in [3.63, 3.8) is 0 Å². The van der Waals surface area contributed by atoms with Crippen LogP contribution >= 0.6 is 22.7 Å². The van der Waals surface area contributed by atoms with Crippen molar-refractivity contribution in [2.24, 2.45) is 0 Å². The summed E-state index contributed by atoms with van der Waals surface area (Å²) in [6, 6.07) is 12.1. The number of ketones is 1. The van der Waals surface area contributed by atoms with Crippen LogP contribution in [0.4, 0.5) is 10.8 Å². The van der Waals surface area contributed by atoms with Gasteiger partial charge in [-0.3, -0.25) is 14.5 Å². The molecular weight excluding hydrogens is 384 g/mol. The van der Waals surface area contributed by atoms with E-state index in [-0.39, 0.29) is 16.6 Å². The zero-order chi connectivity index (χ0) is 19.4. The lowest BCUT2D eigenvalue weighted by molar-refractivity contribution is -0.115. The van der Waals surface area contributed by atoms with Gasteiger partial charge >= 0.3 is 5.97 Å². The van der Waals surface area contributed by atoms with Gasteiger partial charge in [-0.25, -0.2) is 9.78 Å². The summed E-state index contributed by atoms with van der Waals surface area (Å²) < 4.78 is 0. The predicted octanol–water partition coefficient (Wildman–Crippen LogP) is 4.48. The van der Waals surface area contributed by atoms with E-state index >= 15 is 0 Å². The topological polar surface area (TPSA) is 87.6 Å². The average molecular weight is 398 g/mol. The number of anilines is 2. The molecule has 136 valence electrons. The number of aromatic nitrogens is 1. The van der Waals surface area contributed by atoms with Gasteiger partial charge in [0.25, 0.3) is 0 Å². The van der Waals surface area contributed by atoms with E-state index in [4.69, 9.17) is 5.11 Å². The number of carboxylic acids is 1. The minimum absolute atomic E-state index is 0.114. The predicted molar refractivity (Wildman–Crippen MR) is 106 cm³/mol. The van der Waals surface area contributed by atoms with Crippen LogP contribution in [0.5, 0.6) is 0 Å². The number of thiophene rings is 1. The van der Waals surface area contributed by atoms with Crippen molar-refractivity contribution in [3.8, 4) is 0 Å². The summed E-state index contributed by atoms with van der Waals surface area (Å²) in [4.78, 5) is 41.5. The number of allylic oxidation sites excluding steroid dienone is 1. The summed E-state index contributed by atoms with van der Waals surface area (Å²) >= 11 is 2.22. The van der Waals surface area contributed by atoms with Crippen LogP contribution in [0, 0.1) is 0 Å². The Kier molecular flexibility index (Phi) is 5.58. The molecule has 6 nitrogen and oxygen atoms in total. The number of benzene rings is 1. The maximum absolute atomic E-state index is 12.2. The van der Waals surface area contributed by atoms with E-state index in [9.17, 15) is 14.4 Å². The molecule has 1 N–H and O–H groups in total. The third-order valence-electron chi connectivity index (χ3n) is 3.50. The number of carbonyl (C=O) groups is 3. The first-order valence-electron chi connectivity index (χ1n) is 7.82. The van der Waals surface area contributed by atoms with Crippen LogP contribution in [-0.2, 0) is 4.79 Å². The number of thiazole rings is 1. The van der Waals surface area contributed by atoms with Gasteiger partial charge in [0.2, 0.25) is 5.91 Å². The lowest BCUT2D eigenvalue weighted by Crippen LogP contribution is -2.22. The van der Waals surface area contributed by atoms with Crippen molar-refractivity contribution in [3.05, 3.63) is 69.4 Å². The lowest BCUT2D eigenvalue weighted by Gasteiger charge is -2.17. The molecule has 1 aromatic carbocycles. The molecule has 3 aromatic rings. The molecule has 0 bridgehead atoms. The maximum Gasteiger partial charge on any atom is 0.345 e. The summed E-state index contributed by atoms with van der Waals surface area (Å²) in [5.74, 6) is -1.52. The zero-order valence-electron chi connectivity index (χ0n) is 14.2. The van der Waals surface area contributed by atoms with Gasteiger partial charge in [0.1, 0.15) is 4.88 Å². The molecule has 0 atom stereocenters. The number of para-hydroxylation sites is 1. The smallest absolute Gasteiger partial charge is 0.345 e. The van der Waals surface area contributed by atoms with Crippen LogP contribution in [0.3, 0.4) is 0 Å². The number of carboxylic acid groups (broad SMARTS) is 1. The molecule has 0 spiro atoms. The fourth-order valence-electron chi connectivity index (χ4n) is 2.29. The number of aromatic carboxylic acids is 1. The Labute approximate surface area is 163 Å². The number of carbonyl (C=O) groups excluding carboxylic acids is 2. The highest BCUT2D eigenvalue weighted by Crippen LogP contribution is 2.29. The van der Waals surface area contributed by atoms with Crippen molar-refractivity contribution < 1.29 is 19.5 Å². The molecule has 3 rings (SSSR count). The molecule has 0 saturated heterocycles. The van der Waals surface area contributed by atoms with Gasteiger partial charge in [0.15, 0.2) is 10.9 Å². The first-order chi connectivity index (χ1) is 13.0. The lowest BCUT2D eigenvalue weighted by atomic mass is 10.3. The van der Waals surface area contributed by atoms with E-state index in [1.807, 2.05) is 30.3 Å². The van der Waals surface area contributed by atoms with Crippen LogP contribution in [0.1, 0.15) is 32.0 Å². The van der Waals surface area contributed by atoms with E-state index in [2.05, 4.69) is 4.98 Å². The van der Waals surface area contributed by atoms with Crippen molar-refractivity contribution in [1.82, 2.24) is 4.98 Å². The molecular formula is C19H14N2O4S2. The quantitative estimate of drug-likeness (QED) is 0.488. The minimum Gasteiger partial charge on any atom is -0.477 e. The number of hydrogen-bond donors (Lipinski definition) is 1. The molecule has 0 aliphatic rings. The number of rotatable bonds is 6. The van der Waals surface area contributed by atoms with Gasteiger partial charge in [0.05, 0.1) is 16.3 Å². The fraction of sp³-hybridized carbons (Fsp3) is 0.0526.